The van der Waals surface area contributed by atoms with Gasteiger partial charge in [-0.1, -0.05) is 34.5 Å². The summed E-state index contributed by atoms with van der Waals surface area (Å²) in [6, 6.07) is 4.26. The first-order chi connectivity index (χ1) is 9.97. The van der Waals surface area contributed by atoms with Crippen LogP contribution < -0.4 is 0 Å². The molecular weight excluding hydrogens is 359 g/mol. The summed E-state index contributed by atoms with van der Waals surface area (Å²) in [6.45, 7) is 4.63. The third-order valence-electron chi connectivity index (χ3n) is 3.40. The molecule has 3 nitrogen and oxygen atoms in total. The number of hydrogen-bond acceptors (Lipinski definition) is 2. The van der Waals surface area contributed by atoms with Gasteiger partial charge < -0.3 is 5.11 Å². The Morgan fingerprint density at radius 2 is 2.14 bits per heavy atom. The summed E-state index contributed by atoms with van der Waals surface area (Å²) in [5.41, 5.74) is 2.10. The molecule has 0 saturated heterocycles. The lowest BCUT2D eigenvalue weighted by atomic mass is 10.0. The van der Waals surface area contributed by atoms with Gasteiger partial charge in [-0.3, -0.25) is 4.68 Å². The molecule has 1 atom stereocenters. The minimum Gasteiger partial charge on any atom is -0.388 e. The topological polar surface area (TPSA) is 38.0 Å². The van der Waals surface area contributed by atoms with Crippen molar-refractivity contribution < 1.29 is 9.50 Å². The molecule has 0 amide bonds. The normalized spacial score (nSPS) is 12.7. The fraction of sp³-hybridized carbons (Fsp3) is 0.400. The number of nitrogens with zero attached hydrogens (tertiary/aromatic N) is 2. The Kier molecular flexibility index (Phi) is 5.41. The van der Waals surface area contributed by atoms with Crippen molar-refractivity contribution in [1.29, 1.82) is 0 Å². The average molecular weight is 376 g/mol. The largest absolute Gasteiger partial charge is 0.388 e. The van der Waals surface area contributed by atoms with Gasteiger partial charge in [0.05, 0.1) is 22.5 Å². The molecule has 0 radical (unpaired) electrons. The third kappa shape index (κ3) is 3.47. The van der Waals surface area contributed by atoms with Crippen LogP contribution in [0, 0.1) is 5.82 Å². The lowest BCUT2D eigenvalue weighted by Crippen LogP contribution is -2.09. The predicted octanol–water partition coefficient (Wildman–Crippen LogP) is 4.30. The Bertz CT molecular complexity index is 645. The minimum absolute atomic E-state index is 0.293. The van der Waals surface area contributed by atoms with Gasteiger partial charge in [0.25, 0.3) is 0 Å². The molecule has 1 N–H and O–H groups in total. The van der Waals surface area contributed by atoms with E-state index >= 15 is 0 Å². The molecule has 1 aromatic carbocycles. The second-order valence-electron chi connectivity index (χ2n) is 4.76. The van der Waals surface area contributed by atoms with Crippen LogP contribution in [0.15, 0.2) is 22.7 Å². The zero-order valence-corrected chi connectivity index (χ0v) is 14.2. The maximum atomic E-state index is 13.4. The van der Waals surface area contributed by atoms with Crippen LogP contribution in [0.4, 0.5) is 4.39 Å². The SMILES string of the molecule is CCc1nn(CC)c(CC(O)c2cc(F)ccc2Br)c1Cl. The number of hydrogen-bond donors (Lipinski definition) is 1. The number of aliphatic hydroxyl groups is 1. The van der Waals surface area contributed by atoms with E-state index in [9.17, 15) is 9.50 Å². The smallest absolute Gasteiger partial charge is 0.123 e. The molecule has 0 aliphatic rings. The first-order valence-corrected chi connectivity index (χ1v) is 8.02. The Morgan fingerprint density at radius 3 is 2.76 bits per heavy atom. The van der Waals surface area contributed by atoms with Crippen LogP contribution in [0.3, 0.4) is 0 Å². The zero-order chi connectivity index (χ0) is 15.6. The van der Waals surface area contributed by atoms with Gasteiger partial charge in [-0.25, -0.2) is 4.39 Å². The van der Waals surface area contributed by atoms with Crippen molar-refractivity contribution in [1.82, 2.24) is 9.78 Å². The van der Waals surface area contributed by atoms with E-state index in [0.29, 0.717) is 28.0 Å². The van der Waals surface area contributed by atoms with Crippen LogP contribution in [-0.2, 0) is 19.4 Å². The van der Waals surface area contributed by atoms with Crippen molar-refractivity contribution in [3.8, 4) is 0 Å². The number of aliphatic hydroxyl groups excluding tert-OH is 1. The highest BCUT2D eigenvalue weighted by Gasteiger charge is 2.20. The number of aromatic nitrogens is 2. The van der Waals surface area contributed by atoms with Gasteiger partial charge in [0.15, 0.2) is 0 Å². The van der Waals surface area contributed by atoms with E-state index in [4.69, 9.17) is 11.6 Å². The van der Waals surface area contributed by atoms with Gasteiger partial charge in [-0.15, -0.1) is 0 Å². The van der Waals surface area contributed by atoms with Crippen molar-refractivity contribution in [3.63, 3.8) is 0 Å². The van der Waals surface area contributed by atoms with Crippen molar-refractivity contribution >= 4 is 27.5 Å². The summed E-state index contributed by atoms with van der Waals surface area (Å²) in [6.07, 6.45) is 0.180. The molecule has 114 valence electrons. The van der Waals surface area contributed by atoms with Crippen molar-refractivity contribution in [3.05, 3.63) is 50.5 Å². The summed E-state index contributed by atoms with van der Waals surface area (Å²) in [5.74, 6) is -0.378. The van der Waals surface area contributed by atoms with E-state index < -0.39 is 6.10 Å². The van der Waals surface area contributed by atoms with E-state index in [2.05, 4.69) is 21.0 Å². The van der Waals surface area contributed by atoms with Crippen molar-refractivity contribution in [2.75, 3.05) is 0 Å². The molecule has 1 unspecified atom stereocenters. The average Bonchev–Trinajstić information content (AvgIpc) is 2.77. The highest BCUT2D eigenvalue weighted by molar-refractivity contribution is 9.10. The molecule has 2 rings (SSSR count). The molecule has 0 bridgehead atoms. The van der Waals surface area contributed by atoms with E-state index in [1.807, 2.05) is 13.8 Å². The highest BCUT2D eigenvalue weighted by Crippen LogP contribution is 2.30. The minimum atomic E-state index is -0.848. The first kappa shape index (κ1) is 16.5. The first-order valence-electron chi connectivity index (χ1n) is 6.84. The second-order valence-corrected chi connectivity index (χ2v) is 5.99. The molecule has 1 aromatic heterocycles. The van der Waals surface area contributed by atoms with Crippen LogP contribution in [0.1, 0.15) is 36.9 Å². The third-order valence-corrected chi connectivity index (χ3v) is 4.56. The molecular formula is C15H17BrClFN2O. The molecule has 1 heterocycles. The van der Waals surface area contributed by atoms with E-state index in [-0.39, 0.29) is 5.82 Å². The molecule has 0 saturated carbocycles. The number of aryl methyl sites for hydroxylation is 2. The quantitative estimate of drug-likeness (QED) is 0.846. The van der Waals surface area contributed by atoms with Gasteiger partial charge in [-0.05, 0) is 37.1 Å². The van der Waals surface area contributed by atoms with Crippen molar-refractivity contribution in [2.45, 2.75) is 39.3 Å². The summed E-state index contributed by atoms with van der Waals surface area (Å²) < 4.78 is 15.8. The monoisotopic (exact) mass is 374 g/mol. The van der Waals surface area contributed by atoms with E-state index in [0.717, 1.165) is 17.8 Å². The maximum Gasteiger partial charge on any atom is 0.123 e. The van der Waals surface area contributed by atoms with Gasteiger partial charge in [0.2, 0.25) is 0 Å². The molecule has 0 aliphatic heterocycles. The summed E-state index contributed by atoms with van der Waals surface area (Å²) in [5, 5.41) is 15.4. The Labute approximate surface area is 136 Å². The van der Waals surface area contributed by atoms with E-state index in [1.165, 1.54) is 12.1 Å². The molecule has 0 fully saturated rings. The van der Waals surface area contributed by atoms with Crippen molar-refractivity contribution in [2.24, 2.45) is 0 Å². The predicted molar refractivity (Wildman–Crippen MR) is 85.1 cm³/mol. The van der Waals surface area contributed by atoms with Crippen LogP contribution in [0.25, 0.3) is 0 Å². The fourth-order valence-corrected chi connectivity index (χ4v) is 3.13. The molecule has 6 heteroatoms. The zero-order valence-electron chi connectivity index (χ0n) is 11.9. The number of benzene rings is 1. The van der Waals surface area contributed by atoms with Gasteiger partial charge in [-0.2, -0.15) is 5.10 Å². The van der Waals surface area contributed by atoms with Crippen LogP contribution in [-0.4, -0.2) is 14.9 Å². The summed E-state index contributed by atoms with van der Waals surface area (Å²) >= 11 is 9.67. The van der Waals surface area contributed by atoms with Gasteiger partial charge >= 0.3 is 0 Å². The Morgan fingerprint density at radius 1 is 1.43 bits per heavy atom. The lowest BCUT2D eigenvalue weighted by molar-refractivity contribution is 0.174. The van der Waals surface area contributed by atoms with Crippen LogP contribution in [0.2, 0.25) is 5.02 Å². The van der Waals surface area contributed by atoms with Gasteiger partial charge in [0, 0.05) is 17.4 Å². The number of rotatable bonds is 5. The number of halogens is 3. The van der Waals surface area contributed by atoms with Crippen LogP contribution >= 0.6 is 27.5 Å². The lowest BCUT2D eigenvalue weighted by Gasteiger charge is -2.14. The standard InChI is InChI=1S/C15H17BrClFN2O/c1-3-12-15(17)13(20(4-2)19-12)8-14(21)10-7-9(18)5-6-11(10)16/h5-7,14,21H,3-4,8H2,1-2H3. The molecule has 0 aliphatic carbocycles. The van der Waals surface area contributed by atoms with Crippen LogP contribution in [0.5, 0.6) is 0 Å². The van der Waals surface area contributed by atoms with Gasteiger partial charge in [0.1, 0.15) is 5.82 Å². The Hall–Kier alpha value is -0.910. The summed E-state index contributed by atoms with van der Waals surface area (Å²) in [4.78, 5) is 0. The molecule has 21 heavy (non-hydrogen) atoms. The fourth-order valence-electron chi connectivity index (χ4n) is 2.28. The second kappa shape index (κ2) is 6.90. The maximum absolute atomic E-state index is 13.4. The highest BCUT2D eigenvalue weighted by atomic mass is 79.9. The molecule has 0 spiro atoms. The summed E-state index contributed by atoms with van der Waals surface area (Å²) in [7, 11) is 0. The Balaban J connectivity index is 2.33. The van der Waals surface area contributed by atoms with E-state index in [1.54, 1.807) is 10.7 Å². The molecule has 2 aromatic rings.